The molecule has 0 radical (unpaired) electrons. The quantitative estimate of drug-likeness (QED) is 0.378. The zero-order valence-electron chi connectivity index (χ0n) is 15.9. The van der Waals surface area contributed by atoms with E-state index in [-0.39, 0.29) is 18.0 Å². The first-order valence-corrected chi connectivity index (χ1v) is 10.5. The molecule has 0 aliphatic rings. The van der Waals surface area contributed by atoms with Gasteiger partial charge in [0.05, 0.1) is 15.2 Å². The lowest BCUT2D eigenvalue weighted by Gasteiger charge is -2.09. The van der Waals surface area contributed by atoms with Crippen LogP contribution in [0.3, 0.4) is 0 Å². The standard InChI is InChI=1S/C23H18ClNO4S/c24-19-7-4-8-20-22(19)25(23(27)30-20)13-21(26)29-15-17-11-9-16(10-12-17)14-28-18-5-2-1-3-6-18/h1-12H,13-15H2. The normalized spacial score (nSPS) is 10.8. The Balaban J connectivity index is 1.33. The minimum absolute atomic E-state index is 0.128. The highest BCUT2D eigenvalue weighted by Crippen LogP contribution is 2.25. The van der Waals surface area contributed by atoms with E-state index < -0.39 is 5.97 Å². The number of aromatic nitrogens is 1. The number of thiazole rings is 1. The molecule has 30 heavy (non-hydrogen) atoms. The fraction of sp³-hybridized carbons (Fsp3) is 0.130. The topological polar surface area (TPSA) is 57.5 Å². The average molecular weight is 440 g/mol. The average Bonchev–Trinajstić information content (AvgIpc) is 3.08. The summed E-state index contributed by atoms with van der Waals surface area (Å²) in [7, 11) is 0. The molecule has 0 aliphatic heterocycles. The highest BCUT2D eigenvalue weighted by Gasteiger charge is 2.14. The predicted molar refractivity (Wildman–Crippen MR) is 118 cm³/mol. The number of hydrogen-bond donors (Lipinski definition) is 0. The molecule has 4 rings (SSSR count). The molecule has 3 aromatic carbocycles. The van der Waals surface area contributed by atoms with E-state index in [1.54, 1.807) is 18.2 Å². The summed E-state index contributed by atoms with van der Waals surface area (Å²) in [5.41, 5.74) is 2.43. The Morgan fingerprint density at radius 1 is 0.900 bits per heavy atom. The van der Waals surface area contributed by atoms with Gasteiger partial charge < -0.3 is 9.47 Å². The van der Waals surface area contributed by atoms with Gasteiger partial charge in [-0.25, -0.2) is 0 Å². The Labute approximate surface area is 182 Å². The number of nitrogens with zero attached hydrogens (tertiary/aromatic N) is 1. The molecule has 0 aliphatic carbocycles. The molecule has 1 heterocycles. The zero-order chi connectivity index (χ0) is 20.9. The van der Waals surface area contributed by atoms with Gasteiger partial charge in [0.25, 0.3) is 0 Å². The van der Waals surface area contributed by atoms with Crippen LogP contribution >= 0.6 is 22.9 Å². The number of fused-ring (bicyclic) bond motifs is 1. The Morgan fingerprint density at radius 2 is 1.60 bits per heavy atom. The third-order valence-electron chi connectivity index (χ3n) is 4.50. The lowest BCUT2D eigenvalue weighted by molar-refractivity contribution is -0.145. The fourth-order valence-corrected chi connectivity index (χ4v) is 4.23. The van der Waals surface area contributed by atoms with Crippen molar-refractivity contribution >= 4 is 39.1 Å². The van der Waals surface area contributed by atoms with Gasteiger partial charge in [-0.1, -0.05) is 71.5 Å². The Hall–Kier alpha value is -3.09. The number of para-hydroxylation sites is 2. The Kier molecular flexibility index (Phi) is 6.16. The smallest absolute Gasteiger partial charge is 0.326 e. The van der Waals surface area contributed by atoms with Gasteiger partial charge in [-0.2, -0.15) is 0 Å². The van der Waals surface area contributed by atoms with Crippen LogP contribution in [-0.2, 0) is 29.3 Å². The molecule has 0 saturated heterocycles. The van der Waals surface area contributed by atoms with Gasteiger partial charge in [0.2, 0.25) is 0 Å². The van der Waals surface area contributed by atoms with E-state index in [2.05, 4.69) is 0 Å². The monoisotopic (exact) mass is 439 g/mol. The molecular formula is C23H18ClNO4S. The number of hydrogen-bond acceptors (Lipinski definition) is 5. The van der Waals surface area contributed by atoms with Gasteiger partial charge in [0.1, 0.15) is 25.5 Å². The molecule has 0 unspecified atom stereocenters. The van der Waals surface area contributed by atoms with Crippen molar-refractivity contribution in [3.63, 3.8) is 0 Å². The molecule has 0 fully saturated rings. The number of carbonyl (C=O) groups excluding carboxylic acids is 1. The molecule has 0 atom stereocenters. The largest absolute Gasteiger partial charge is 0.489 e. The third kappa shape index (κ3) is 4.72. The van der Waals surface area contributed by atoms with Crippen molar-refractivity contribution in [1.82, 2.24) is 4.57 Å². The minimum Gasteiger partial charge on any atom is -0.489 e. The summed E-state index contributed by atoms with van der Waals surface area (Å²) in [5.74, 6) is 0.319. The van der Waals surface area contributed by atoms with Crippen LogP contribution in [0.2, 0.25) is 5.02 Å². The number of ether oxygens (including phenoxy) is 2. The van der Waals surface area contributed by atoms with Crippen molar-refractivity contribution in [2.24, 2.45) is 0 Å². The number of rotatable bonds is 7. The maximum Gasteiger partial charge on any atom is 0.326 e. The van der Waals surface area contributed by atoms with E-state index in [0.29, 0.717) is 17.1 Å². The summed E-state index contributed by atoms with van der Waals surface area (Å²) in [6, 6.07) is 22.5. The van der Waals surface area contributed by atoms with Crippen LogP contribution in [0, 0.1) is 0 Å². The second-order valence-corrected chi connectivity index (χ2v) is 8.02. The van der Waals surface area contributed by atoms with Crippen molar-refractivity contribution < 1.29 is 14.3 Å². The van der Waals surface area contributed by atoms with Gasteiger partial charge in [0.15, 0.2) is 0 Å². The lowest BCUT2D eigenvalue weighted by atomic mass is 10.1. The SMILES string of the molecule is O=C(Cn1c(=O)sc2cccc(Cl)c21)OCc1ccc(COc2ccccc2)cc1. The summed E-state index contributed by atoms with van der Waals surface area (Å²) >= 11 is 7.25. The molecule has 0 amide bonds. The van der Waals surface area contributed by atoms with Crippen molar-refractivity contribution in [1.29, 1.82) is 0 Å². The fourth-order valence-electron chi connectivity index (χ4n) is 2.98. The first-order chi connectivity index (χ1) is 14.6. The van der Waals surface area contributed by atoms with Crippen molar-refractivity contribution in [3.8, 4) is 5.75 Å². The minimum atomic E-state index is -0.492. The summed E-state index contributed by atoms with van der Waals surface area (Å²) in [5, 5.41) is 0.437. The van der Waals surface area contributed by atoms with Crippen LogP contribution in [0.5, 0.6) is 5.75 Å². The molecule has 152 valence electrons. The molecule has 1 aromatic heterocycles. The van der Waals surface area contributed by atoms with E-state index in [1.807, 2.05) is 54.6 Å². The molecule has 7 heteroatoms. The van der Waals surface area contributed by atoms with Crippen LogP contribution in [0.15, 0.2) is 77.6 Å². The van der Waals surface area contributed by atoms with Gasteiger partial charge in [-0.3, -0.25) is 14.2 Å². The Morgan fingerprint density at radius 3 is 2.33 bits per heavy atom. The first-order valence-electron chi connectivity index (χ1n) is 9.29. The number of benzene rings is 3. The molecule has 0 N–H and O–H groups in total. The molecule has 0 spiro atoms. The molecule has 5 nitrogen and oxygen atoms in total. The van der Waals surface area contributed by atoms with Crippen molar-refractivity contribution in [2.75, 3.05) is 0 Å². The number of halogens is 1. The second-order valence-electron chi connectivity index (χ2n) is 6.62. The molecule has 4 aromatic rings. The zero-order valence-corrected chi connectivity index (χ0v) is 17.5. The van der Waals surface area contributed by atoms with E-state index in [0.717, 1.165) is 32.9 Å². The third-order valence-corrected chi connectivity index (χ3v) is 5.75. The van der Waals surface area contributed by atoms with E-state index >= 15 is 0 Å². The van der Waals surface area contributed by atoms with E-state index in [4.69, 9.17) is 21.1 Å². The number of esters is 1. The molecule has 0 bridgehead atoms. The van der Waals surface area contributed by atoms with Gasteiger partial charge >= 0.3 is 10.8 Å². The first kappa shape index (κ1) is 20.2. The maximum atomic E-state index is 12.3. The van der Waals surface area contributed by atoms with E-state index in [9.17, 15) is 9.59 Å². The van der Waals surface area contributed by atoms with Crippen LogP contribution in [0.4, 0.5) is 0 Å². The summed E-state index contributed by atoms with van der Waals surface area (Å²) < 4.78 is 13.2. The van der Waals surface area contributed by atoms with Crippen LogP contribution in [-0.4, -0.2) is 10.5 Å². The van der Waals surface area contributed by atoms with Crippen molar-refractivity contribution in [3.05, 3.63) is 98.6 Å². The summed E-state index contributed by atoms with van der Waals surface area (Å²) in [6.07, 6.45) is 0. The molecular weight excluding hydrogens is 422 g/mol. The lowest BCUT2D eigenvalue weighted by Crippen LogP contribution is -2.21. The highest BCUT2D eigenvalue weighted by atomic mass is 35.5. The summed E-state index contributed by atoms with van der Waals surface area (Å²) in [6.45, 7) is 0.410. The van der Waals surface area contributed by atoms with Crippen LogP contribution in [0.25, 0.3) is 10.2 Å². The maximum absolute atomic E-state index is 12.3. The van der Waals surface area contributed by atoms with Gasteiger partial charge in [-0.05, 0) is 35.4 Å². The van der Waals surface area contributed by atoms with Crippen molar-refractivity contribution in [2.45, 2.75) is 19.8 Å². The Bertz CT molecular complexity index is 1220. The van der Waals surface area contributed by atoms with E-state index in [1.165, 1.54) is 4.57 Å². The van der Waals surface area contributed by atoms with Crippen LogP contribution < -0.4 is 9.61 Å². The number of carbonyl (C=O) groups is 1. The van der Waals surface area contributed by atoms with Gasteiger partial charge in [-0.15, -0.1) is 0 Å². The molecule has 0 saturated carbocycles. The van der Waals surface area contributed by atoms with Crippen LogP contribution in [0.1, 0.15) is 11.1 Å². The predicted octanol–water partition coefficient (Wildman–Crippen LogP) is 5.04. The van der Waals surface area contributed by atoms with Gasteiger partial charge in [0, 0.05) is 0 Å². The summed E-state index contributed by atoms with van der Waals surface area (Å²) in [4.78, 5) is 24.2. The second kappa shape index (κ2) is 9.15. The highest BCUT2D eigenvalue weighted by molar-refractivity contribution is 7.16.